The van der Waals surface area contributed by atoms with Gasteiger partial charge < -0.3 is 14.6 Å². The Labute approximate surface area is 115 Å². The third-order valence-corrected chi connectivity index (χ3v) is 4.19. The molecule has 1 aliphatic heterocycles. The quantitative estimate of drug-likeness (QED) is 0.767. The summed E-state index contributed by atoms with van der Waals surface area (Å²) >= 11 is 0. The van der Waals surface area contributed by atoms with Gasteiger partial charge in [0, 0.05) is 51.4 Å². The molecule has 106 valence electrons. The van der Waals surface area contributed by atoms with Crippen molar-refractivity contribution in [2.75, 3.05) is 20.3 Å². The Morgan fingerprint density at radius 1 is 1.32 bits per heavy atom. The summed E-state index contributed by atoms with van der Waals surface area (Å²) in [7, 11) is 1.78. The number of hydrogen-bond donors (Lipinski definition) is 1. The molecule has 0 spiro atoms. The summed E-state index contributed by atoms with van der Waals surface area (Å²) < 4.78 is 7.66. The van der Waals surface area contributed by atoms with E-state index in [-0.39, 0.29) is 0 Å². The minimum atomic E-state index is 0.754. The van der Waals surface area contributed by atoms with E-state index < -0.39 is 0 Å². The zero-order valence-electron chi connectivity index (χ0n) is 12.0. The predicted octanol–water partition coefficient (Wildman–Crippen LogP) is 2.22. The second-order valence-corrected chi connectivity index (χ2v) is 5.77. The van der Waals surface area contributed by atoms with Crippen molar-refractivity contribution in [1.82, 2.24) is 14.9 Å². The first kappa shape index (κ1) is 13.1. The first-order valence-corrected chi connectivity index (χ1v) is 7.68. The lowest BCUT2D eigenvalue weighted by Gasteiger charge is -2.16. The molecule has 19 heavy (non-hydrogen) atoms. The van der Waals surface area contributed by atoms with Crippen LogP contribution in [0, 0.1) is 0 Å². The van der Waals surface area contributed by atoms with Gasteiger partial charge in [-0.15, -0.1) is 0 Å². The third-order valence-electron chi connectivity index (χ3n) is 4.19. The standard InChI is InChI=1S/C15H25N3O/c1-19-10-4-2-3-9-18-14-7-8-16-11-13(14)17-15(18)12-5-6-12/h12,16H,2-11H2,1H3. The van der Waals surface area contributed by atoms with E-state index in [0.29, 0.717) is 0 Å². The maximum atomic E-state index is 5.11. The number of nitrogens with zero attached hydrogens (tertiary/aromatic N) is 2. The van der Waals surface area contributed by atoms with Gasteiger partial charge in [-0.3, -0.25) is 0 Å². The van der Waals surface area contributed by atoms with Crippen LogP contribution in [-0.4, -0.2) is 29.8 Å². The van der Waals surface area contributed by atoms with Crippen LogP contribution >= 0.6 is 0 Å². The highest BCUT2D eigenvalue weighted by Gasteiger charge is 2.31. The highest BCUT2D eigenvalue weighted by molar-refractivity contribution is 5.24. The van der Waals surface area contributed by atoms with E-state index >= 15 is 0 Å². The molecule has 0 amide bonds. The molecule has 3 rings (SSSR count). The van der Waals surface area contributed by atoms with Crippen LogP contribution in [0.15, 0.2) is 0 Å². The van der Waals surface area contributed by atoms with Crippen molar-refractivity contribution < 1.29 is 4.74 Å². The zero-order chi connectivity index (χ0) is 13.1. The molecular weight excluding hydrogens is 238 g/mol. The van der Waals surface area contributed by atoms with Crippen LogP contribution in [-0.2, 0) is 24.2 Å². The van der Waals surface area contributed by atoms with Gasteiger partial charge in [0.2, 0.25) is 0 Å². The minimum Gasteiger partial charge on any atom is -0.385 e. The normalized spacial score (nSPS) is 18.6. The average molecular weight is 263 g/mol. The number of fused-ring (bicyclic) bond motifs is 1. The van der Waals surface area contributed by atoms with Gasteiger partial charge in [0.05, 0.1) is 5.69 Å². The van der Waals surface area contributed by atoms with Crippen LogP contribution in [0.5, 0.6) is 0 Å². The van der Waals surface area contributed by atoms with Gasteiger partial charge in [0.25, 0.3) is 0 Å². The monoisotopic (exact) mass is 263 g/mol. The SMILES string of the molecule is COCCCCCn1c(C2CC2)nc2c1CCNC2. The predicted molar refractivity (Wildman–Crippen MR) is 75.3 cm³/mol. The molecule has 0 bridgehead atoms. The number of imidazole rings is 1. The summed E-state index contributed by atoms with van der Waals surface area (Å²) in [6.07, 6.45) is 7.50. The second kappa shape index (κ2) is 6.06. The first-order chi connectivity index (χ1) is 9.40. The summed E-state index contributed by atoms with van der Waals surface area (Å²) in [5.41, 5.74) is 2.82. The maximum absolute atomic E-state index is 5.11. The molecule has 4 heteroatoms. The largest absolute Gasteiger partial charge is 0.385 e. The Balaban J connectivity index is 1.66. The van der Waals surface area contributed by atoms with Gasteiger partial charge in [-0.1, -0.05) is 0 Å². The molecule has 2 aliphatic rings. The molecule has 1 fully saturated rings. The molecule has 1 aliphatic carbocycles. The Morgan fingerprint density at radius 2 is 2.21 bits per heavy atom. The van der Waals surface area contributed by atoms with E-state index in [1.807, 2.05) is 0 Å². The molecule has 0 saturated heterocycles. The van der Waals surface area contributed by atoms with Crippen molar-refractivity contribution in [3.8, 4) is 0 Å². The summed E-state index contributed by atoms with van der Waals surface area (Å²) in [5, 5.41) is 3.43. The minimum absolute atomic E-state index is 0.754. The molecule has 1 aromatic heterocycles. The lowest BCUT2D eigenvalue weighted by Crippen LogP contribution is -2.25. The molecule has 1 saturated carbocycles. The molecule has 0 aromatic carbocycles. The average Bonchev–Trinajstić information content (AvgIpc) is 3.21. The second-order valence-electron chi connectivity index (χ2n) is 5.77. The highest BCUT2D eigenvalue weighted by atomic mass is 16.5. The van der Waals surface area contributed by atoms with Crippen molar-refractivity contribution in [3.63, 3.8) is 0 Å². The Bertz CT molecular complexity index is 423. The van der Waals surface area contributed by atoms with Gasteiger partial charge in [0.15, 0.2) is 0 Å². The van der Waals surface area contributed by atoms with Crippen LogP contribution in [0.1, 0.15) is 55.2 Å². The van der Waals surface area contributed by atoms with Crippen molar-refractivity contribution >= 4 is 0 Å². The van der Waals surface area contributed by atoms with Crippen molar-refractivity contribution in [2.45, 2.75) is 57.5 Å². The van der Waals surface area contributed by atoms with Gasteiger partial charge in [-0.2, -0.15) is 0 Å². The van der Waals surface area contributed by atoms with E-state index in [2.05, 4.69) is 9.88 Å². The number of methoxy groups -OCH3 is 1. The van der Waals surface area contributed by atoms with Crippen LogP contribution in [0.3, 0.4) is 0 Å². The number of ether oxygens (including phenoxy) is 1. The molecule has 2 heterocycles. The van der Waals surface area contributed by atoms with Gasteiger partial charge in [0.1, 0.15) is 5.82 Å². The number of hydrogen-bond acceptors (Lipinski definition) is 3. The Hall–Kier alpha value is -0.870. The number of nitrogens with one attached hydrogen (secondary N) is 1. The molecule has 4 nitrogen and oxygen atoms in total. The Morgan fingerprint density at radius 3 is 3.00 bits per heavy atom. The van der Waals surface area contributed by atoms with E-state index in [4.69, 9.17) is 9.72 Å². The zero-order valence-corrected chi connectivity index (χ0v) is 12.0. The van der Waals surface area contributed by atoms with Gasteiger partial charge >= 0.3 is 0 Å². The fourth-order valence-corrected chi connectivity index (χ4v) is 2.99. The lowest BCUT2D eigenvalue weighted by atomic mass is 10.1. The van der Waals surface area contributed by atoms with Crippen molar-refractivity contribution in [2.24, 2.45) is 0 Å². The van der Waals surface area contributed by atoms with E-state index in [9.17, 15) is 0 Å². The maximum Gasteiger partial charge on any atom is 0.112 e. The van der Waals surface area contributed by atoms with Crippen LogP contribution in [0.25, 0.3) is 0 Å². The van der Waals surface area contributed by atoms with Crippen LogP contribution in [0.2, 0.25) is 0 Å². The fraction of sp³-hybridized carbons (Fsp3) is 0.800. The van der Waals surface area contributed by atoms with E-state index in [1.165, 1.54) is 49.3 Å². The molecular formula is C15H25N3O. The molecule has 0 radical (unpaired) electrons. The number of rotatable bonds is 7. The summed E-state index contributed by atoms with van der Waals surface area (Å²) in [6, 6.07) is 0. The van der Waals surface area contributed by atoms with E-state index in [0.717, 1.165) is 38.6 Å². The molecule has 0 unspecified atom stereocenters. The van der Waals surface area contributed by atoms with E-state index in [1.54, 1.807) is 7.11 Å². The van der Waals surface area contributed by atoms with Crippen molar-refractivity contribution in [3.05, 3.63) is 17.2 Å². The van der Waals surface area contributed by atoms with Crippen LogP contribution < -0.4 is 5.32 Å². The lowest BCUT2D eigenvalue weighted by molar-refractivity contribution is 0.191. The molecule has 1 aromatic rings. The highest BCUT2D eigenvalue weighted by Crippen LogP contribution is 2.40. The third kappa shape index (κ3) is 3.00. The first-order valence-electron chi connectivity index (χ1n) is 7.68. The summed E-state index contributed by atoms with van der Waals surface area (Å²) in [5.74, 6) is 2.13. The van der Waals surface area contributed by atoms with Gasteiger partial charge in [-0.05, 0) is 32.1 Å². The fourth-order valence-electron chi connectivity index (χ4n) is 2.99. The van der Waals surface area contributed by atoms with Gasteiger partial charge in [-0.25, -0.2) is 4.98 Å². The molecule has 0 atom stereocenters. The smallest absolute Gasteiger partial charge is 0.112 e. The summed E-state index contributed by atoms with van der Waals surface area (Å²) in [4.78, 5) is 4.90. The Kier molecular flexibility index (Phi) is 4.18. The number of unbranched alkanes of at least 4 members (excludes halogenated alkanes) is 2. The van der Waals surface area contributed by atoms with Crippen LogP contribution in [0.4, 0.5) is 0 Å². The number of aromatic nitrogens is 2. The summed E-state index contributed by atoms with van der Waals surface area (Å²) in [6.45, 7) is 4.11. The van der Waals surface area contributed by atoms with Crippen molar-refractivity contribution in [1.29, 1.82) is 0 Å². The topological polar surface area (TPSA) is 39.1 Å². The molecule has 1 N–H and O–H groups in total.